The quantitative estimate of drug-likeness (QED) is 0.832. The molecule has 0 heterocycles. The molecule has 4 nitrogen and oxygen atoms in total. The summed E-state index contributed by atoms with van der Waals surface area (Å²) in [6.07, 6.45) is 0.507. The molecule has 0 saturated heterocycles. The monoisotopic (exact) mass is 282 g/mol. The maximum atomic E-state index is 13.8. The van der Waals surface area contributed by atoms with Crippen LogP contribution in [0.25, 0.3) is 0 Å². The van der Waals surface area contributed by atoms with Crippen LogP contribution >= 0.6 is 0 Å². The van der Waals surface area contributed by atoms with E-state index in [-0.39, 0.29) is 24.3 Å². The van der Waals surface area contributed by atoms with E-state index in [1.165, 1.54) is 6.07 Å². The van der Waals surface area contributed by atoms with E-state index >= 15 is 0 Å². The zero-order valence-electron chi connectivity index (χ0n) is 12.4. The maximum Gasteiger partial charge on any atom is 0.260 e. The lowest BCUT2D eigenvalue weighted by Crippen LogP contribution is -2.34. The molecular formula is C15H23FN2O2. The third kappa shape index (κ3) is 4.49. The standard InChI is InChI=1S/C15H23FN2O2/c1-4-18(5-2)14(19)10-20-15-12(9-11(3)17)7-6-8-13(15)16/h6-8,11H,4-5,9-10,17H2,1-3H3. The van der Waals surface area contributed by atoms with Crippen molar-refractivity contribution in [3.8, 4) is 5.75 Å². The van der Waals surface area contributed by atoms with Crippen LogP contribution in [0.15, 0.2) is 18.2 Å². The van der Waals surface area contributed by atoms with Gasteiger partial charge in [0.15, 0.2) is 18.2 Å². The Morgan fingerprint density at radius 2 is 2.05 bits per heavy atom. The van der Waals surface area contributed by atoms with Gasteiger partial charge in [-0.3, -0.25) is 4.79 Å². The molecule has 1 aromatic rings. The van der Waals surface area contributed by atoms with Gasteiger partial charge < -0.3 is 15.4 Å². The summed E-state index contributed by atoms with van der Waals surface area (Å²) in [6.45, 7) is 6.70. The second-order valence-electron chi connectivity index (χ2n) is 4.76. The van der Waals surface area contributed by atoms with E-state index in [4.69, 9.17) is 10.5 Å². The minimum Gasteiger partial charge on any atom is -0.480 e. The van der Waals surface area contributed by atoms with Crippen molar-refractivity contribution in [1.29, 1.82) is 0 Å². The first-order valence-electron chi connectivity index (χ1n) is 6.93. The van der Waals surface area contributed by atoms with Crippen LogP contribution in [0.5, 0.6) is 5.75 Å². The number of benzene rings is 1. The SMILES string of the molecule is CCN(CC)C(=O)COc1c(F)cccc1CC(C)N. The number of para-hydroxylation sites is 1. The summed E-state index contributed by atoms with van der Waals surface area (Å²) < 4.78 is 19.2. The van der Waals surface area contributed by atoms with E-state index in [2.05, 4.69) is 0 Å². The molecule has 5 heteroatoms. The van der Waals surface area contributed by atoms with Crippen molar-refractivity contribution < 1.29 is 13.9 Å². The zero-order valence-corrected chi connectivity index (χ0v) is 12.4. The molecule has 0 spiro atoms. The number of amides is 1. The molecule has 2 N–H and O–H groups in total. The molecule has 0 radical (unpaired) electrons. The van der Waals surface area contributed by atoms with Gasteiger partial charge in [-0.1, -0.05) is 12.1 Å². The Balaban J connectivity index is 2.78. The fourth-order valence-corrected chi connectivity index (χ4v) is 2.02. The van der Waals surface area contributed by atoms with E-state index in [9.17, 15) is 9.18 Å². The van der Waals surface area contributed by atoms with Crippen molar-refractivity contribution >= 4 is 5.91 Å². The number of nitrogens with zero attached hydrogens (tertiary/aromatic N) is 1. The minimum atomic E-state index is -0.463. The van der Waals surface area contributed by atoms with Gasteiger partial charge in [-0.05, 0) is 38.8 Å². The minimum absolute atomic E-state index is 0.0994. The topological polar surface area (TPSA) is 55.6 Å². The molecular weight excluding hydrogens is 259 g/mol. The van der Waals surface area contributed by atoms with Crippen LogP contribution < -0.4 is 10.5 Å². The van der Waals surface area contributed by atoms with Crippen molar-refractivity contribution in [1.82, 2.24) is 4.90 Å². The first kappa shape index (κ1) is 16.4. The summed E-state index contributed by atoms with van der Waals surface area (Å²) in [7, 11) is 0. The summed E-state index contributed by atoms with van der Waals surface area (Å²) in [6, 6.07) is 4.61. The Kier molecular flexibility index (Phi) is 6.45. The van der Waals surface area contributed by atoms with Gasteiger partial charge >= 0.3 is 0 Å². The molecule has 1 aromatic carbocycles. The van der Waals surface area contributed by atoms with Crippen molar-refractivity contribution in [3.63, 3.8) is 0 Å². The predicted molar refractivity (Wildman–Crippen MR) is 77.2 cm³/mol. The summed E-state index contributed by atoms with van der Waals surface area (Å²) in [5, 5.41) is 0. The number of carbonyl (C=O) groups is 1. The normalized spacial score (nSPS) is 12.1. The molecule has 0 aliphatic carbocycles. The van der Waals surface area contributed by atoms with Gasteiger partial charge in [-0.25, -0.2) is 4.39 Å². The number of carbonyl (C=O) groups excluding carboxylic acids is 1. The molecule has 1 unspecified atom stereocenters. The first-order valence-corrected chi connectivity index (χ1v) is 6.93. The molecule has 0 aromatic heterocycles. The van der Waals surface area contributed by atoms with Crippen LogP contribution in [0.4, 0.5) is 4.39 Å². The number of hydrogen-bond acceptors (Lipinski definition) is 3. The Hall–Kier alpha value is -1.62. The summed E-state index contributed by atoms with van der Waals surface area (Å²) in [4.78, 5) is 13.5. The fourth-order valence-electron chi connectivity index (χ4n) is 2.02. The van der Waals surface area contributed by atoms with Gasteiger partial charge in [0.25, 0.3) is 5.91 Å². The fraction of sp³-hybridized carbons (Fsp3) is 0.533. The van der Waals surface area contributed by atoms with Crippen molar-refractivity contribution in [2.24, 2.45) is 5.73 Å². The molecule has 0 fully saturated rings. The van der Waals surface area contributed by atoms with Crippen molar-refractivity contribution in [3.05, 3.63) is 29.6 Å². The highest BCUT2D eigenvalue weighted by atomic mass is 19.1. The van der Waals surface area contributed by atoms with Gasteiger partial charge in [0, 0.05) is 19.1 Å². The molecule has 0 aliphatic heterocycles. The molecule has 0 bridgehead atoms. The largest absolute Gasteiger partial charge is 0.480 e. The highest BCUT2D eigenvalue weighted by Gasteiger charge is 2.15. The van der Waals surface area contributed by atoms with Gasteiger partial charge in [0.2, 0.25) is 0 Å². The lowest BCUT2D eigenvalue weighted by atomic mass is 10.1. The highest BCUT2D eigenvalue weighted by Crippen LogP contribution is 2.23. The highest BCUT2D eigenvalue weighted by molar-refractivity contribution is 5.77. The lowest BCUT2D eigenvalue weighted by Gasteiger charge is -2.20. The number of hydrogen-bond donors (Lipinski definition) is 1. The molecule has 1 amide bonds. The molecule has 20 heavy (non-hydrogen) atoms. The van der Waals surface area contributed by atoms with E-state index in [1.807, 2.05) is 20.8 Å². The van der Waals surface area contributed by atoms with Crippen molar-refractivity contribution in [2.75, 3.05) is 19.7 Å². The number of halogens is 1. The van der Waals surface area contributed by atoms with Crippen molar-refractivity contribution in [2.45, 2.75) is 33.2 Å². The Labute approximate surface area is 119 Å². The smallest absolute Gasteiger partial charge is 0.260 e. The Morgan fingerprint density at radius 3 is 2.60 bits per heavy atom. The van der Waals surface area contributed by atoms with Gasteiger partial charge in [-0.15, -0.1) is 0 Å². The molecule has 0 saturated carbocycles. The van der Waals surface area contributed by atoms with Gasteiger partial charge in [0.1, 0.15) is 0 Å². The molecule has 1 atom stereocenters. The van der Waals surface area contributed by atoms with Crippen LogP contribution in [-0.2, 0) is 11.2 Å². The van der Waals surface area contributed by atoms with Crippen LogP contribution in [0.1, 0.15) is 26.3 Å². The van der Waals surface area contributed by atoms with Crippen LogP contribution in [0.3, 0.4) is 0 Å². The number of ether oxygens (including phenoxy) is 1. The summed E-state index contributed by atoms with van der Waals surface area (Å²) in [5.41, 5.74) is 6.42. The Bertz CT molecular complexity index is 445. The lowest BCUT2D eigenvalue weighted by molar-refractivity contribution is -0.133. The van der Waals surface area contributed by atoms with E-state index < -0.39 is 5.82 Å². The average Bonchev–Trinajstić information content (AvgIpc) is 2.38. The Morgan fingerprint density at radius 1 is 1.40 bits per heavy atom. The van der Waals surface area contributed by atoms with E-state index in [0.29, 0.717) is 25.1 Å². The van der Waals surface area contributed by atoms with Gasteiger partial charge in [-0.2, -0.15) is 0 Å². The molecule has 1 rings (SSSR count). The predicted octanol–water partition coefficient (Wildman–Crippen LogP) is 1.96. The number of likely N-dealkylation sites (N-methyl/N-ethyl adjacent to an activating group) is 1. The van der Waals surface area contributed by atoms with Crippen LogP contribution in [0.2, 0.25) is 0 Å². The third-order valence-electron chi connectivity index (χ3n) is 3.05. The summed E-state index contributed by atoms with van der Waals surface area (Å²) in [5.74, 6) is -0.481. The maximum absolute atomic E-state index is 13.8. The molecule has 0 aliphatic rings. The number of rotatable bonds is 7. The average molecular weight is 282 g/mol. The first-order chi connectivity index (χ1) is 9.49. The zero-order chi connectivity index (χ0) is 15.1. The molecule has 112 valence electrons. The van der Waals surface area contributed by atoms with Crippen LogP contribution in [0, 0.1) is 5.82 Å². The summed E-state index contributed by atoms with van der Waals surface area (Å²) >= 11 is 0. The number of nitrogens with two attached hydrogens (primary N) is 1. The second-order valence-corrected chi connectivity index (χ2v) is 4.76. The third-order valence-corrected chi connectivity index (χ3v) is 3.05. The van der Waals surface area contributed by atoms with Crippen LogP contribution in [-0.4, -0.2) is 36.5 Å². The van der Waals surface area contributed by atoms with E-state index in [0.717, 1.165) is 0 Å². The van der Waals surface area contributed by atoms with E-state index in [1.54, 1.807) is 17.0 Å². The van der Waals surface area contributed by atoms with Gasteiger partial charge in [0.05, 0.1) is 0 Å². The second kappa shape index (κ2) is 7.85.